The summed E-state index contributed by atoms with van der Waals surface area (Å²) in [4.78, 5) is 18.3. The molecule has 3 rings (SSSR count). The highest BCUT2D eigenvalue weighted by Crippen LogP contribution is 2.22. The SMILES string of the molecule is CN(CCc1ccc(F)cc1)C(=O)CCN=C1NS(=O)(=O)c2ccccc21. The van der Waals surface area contributed by atoms with E-state index in [4.69, 9.17) is 0 Å². The van der Waals surface area contributed by atoms with Gasteiger partial charge >= 0.3 is 0 Å². The number of sulfonamides is 1. The van der Waals surface area contributed by atoms with Crippen molar-refractivity contribution in [2.45, 2.75) is 17.7 Å². The summed E-state index contributed by atoms with van der Waals surface area (Å²) in [5, 5.41) is 0. The van der Waals surface area contributed by atoms with Crippen LogP contribution in [0.1, 0.15) is 17.5 Å². The summed E-state index contributed by atoms with van der Waals surface area (Å²) < 4.78 is 39.4. The predicted octanol–water partition coefficient (Wildman–Crippen LogP) is 1.96. The Balaban J connectivity index is 1.53. The fraction of sp³-hybridized carbons (Fsp3) is 0.263. The Kier molecular flexibility index (Phi) is 5.55. The number of likely N-dealkylation sites (N-methyl/N-ethyl adjacent to an activating group) is 1. The monoisotopic (exact) mass is 389 g/mol. The van der Waals surface area contributed by atoms with Gasteiger partial charge in [-0.1, -0.05) is 24.3 Å². The van der Waals surface area contributed by atoms with Gasteiger partial charge in [0.15, 0.2) is 0 Å². The molecule has 0 aromatic heterocycles. The summed E-state index contributed by atoms with van der Waals surface area (Å²) >= 11 is 0. The summed E-state index contributed by atoms with van der Waals surface area (Å²) in [6.45, 7) is 0.697. The lowest BCUT2D eigenvalue weighted by Crippen LogP contribution is -2.29. The fourth-order valence-corrected chi connectivity index (χ4v) is 4.03. The number of amides is 1. The lowest BCUT2D eigenvalue weighted by Gasteiger charge is -2.16. The number of benzene rings is 2. The second-order valence-electron chi connectivity index (χ2n) is 6.27. The molecular weight excluding hydrogens is 369 g/mol. The number of nitrogens with one attached hydrogen (secondary N) is 1. The molecule has 0 spiro atoms. The van der Waals surface area contributed by atoms with E-state index in [9.17, 15) is 17.6 Å². The molecule has 1 N–H and O–H groups in total. The number of nitrogens with zero attached hydrogens (tertiary/aromatic N) is 2. The lowest BCUT2D eigenvalue weighted by molar-refractivity contribution is -0.129. The number of carbonyl (C=O) groups is 1. The van der Waals surface area contributed by atoms with Crippen LogP contribution in [0.3, 0.4) is 0 Å². The minimum atomic E-state index is -3.57. The van der Waals surface area contributed by atoms with Gasteiger partial charge < -0.3 is 4.90 Å². The fourth-order valence-electron chi connectivity index (χ4n) is 2.78. The molecule has 0 fully saturated rings. The van der Waals surface area contributed by atoms with Gasteiger partial charge in [-0.3, -0.25) is 14.5 Å². The zero-order valence-corrected chi connectivity index (χ0v) is 15.7. The van der Waals surface area contributed by atoms with Gasteiger partial charge in [0.2, 0.25) is 5.91 Å². The van der Waals surface area contributed by atoms with Gasteiger partial charge in [0.05, 0.1) is 11.4 Å². The highest BCUT2D eigenvalue weighted by atomic mass is 32.2. The first-order chi connectivity index (χ1) is 12.9. The van der Waals surface area contributed by atoms with Crippen LogP contribution in [0.25, 0.3) is 0 Å². The Hall–Kier alpha value is -2.74. The smallest absolute Gasteiger partial charge is 0.263 e. The zero-order chi connectivity index (χ0) is 19.4. The first-order valence-electron chi connectivity index (χ1n) is 8.52. The maximum Gasteiger partial charge on any atom is 0.263 e. The van der Waals surface area contributed by atoms with Crippen molar-refractivity contribution >= 4 is 21.8 Å². The molecule has 6 nitrogen and oxygen atoms in total. The Morgan fingerprint density at radius 3 is 2.59 bits per heavy atom. The molecule has 0 aliphatic carbocycles. The molecule has 0 radical (unpaired) electrons. The molecule has 1 amide bonds. The molecule has 8 heteroatoms. The maximum atomic E-state index is 12.9. The topological polar surface area (TPSA) is 78.8 Å². The van der Waals surface area contributed by atoms with E-state index in [-0.39, 0.29) is 35.4 Å². The zero-order valence-electron chi connectivity index (χ0n) is 14.9. The second-order valence-corrected chi connectivity index (χ2v) is 7.92. The predicted molar refractivity (Wildman–Crippen MR) is 101 cm³/mol. The van der Waals surface area contributed by atoms with Crippen molar-refractivity contribution in [3.8, 4) is 0 Å². The molecule has 2 aromatic rings. The van der Waals surface area contributed by atoms with Crippen molar-refractivity contribution in [1.29, 1.82) is 0 Å². The minimum Gasteiger partial charge on any atom is -0.345 e. The normalized spacial score (nSPS) is 16.0. The molecule has 0 atom stereocenters. The van der Waals surface area contributed by atoms with E-state index >= 15 is 0 Å². The molecule has 0 saturated carbocycles. The van der Waals surface area contributed by atoms with Crippen molar-refractivity contribution in [2.24, 2.45) is 4.99 Å². The van der Waals surface area contributed by atoms with Crippen LogP contribution in [0.15, 0.2) is 58.4 Å². The molecule has 1 aliphatic rings. The van der Waals surface area contributed by atoms with E-state index in [1.54, 1.807) is 42.3 Å². The third-order valence-electron chi connectivity index (χ3n) is 4.33. The number of carbonyl (C=O) groups excluding carboxylic acids is 1. The average Bonchev–Trinajstić information content (AvgIpc) is 2.92. The Morgan fingerprint density at radius 2 is 1.85 bits per heavy atom. The molecule has 1 heterocycles. The maximum absolute atomic E-state index is 12.9. The lowest BCUT2D eigenvalue weighted by atomic mass is 10.1. The van der Waals surface area contributed by atoms with Crippen LogP contribution in [-0.2, 0) is 21.2 Å². The van der Waals surface area contributed by atoms with Gasteiger partial charge in [-0.25, -0.2) is 12.8 Å². The van der Waals surface area contributed by atoms with E-state index in [1.807, 2.05) is 0 Å². The summed E-state index contributed by atoms with van der Waals surface area (Å²) in [6.07, 6.45) is 0.803. The van der Waals surface area contributed by atoms with Crippen molar-refractivity contribution in [2.75, 3.05) is 20.1 Å². The highest BCUT2D eigenvalue weighted by Gasteiger charge is 2.29. The number of amidine groups is 1. The molecule has 142 valence electrons. The summed E-state index contributed by atoms with van der Waals surface area (Å²) in [5.74, 6) is -0.102. The van der Waals surface area contributed by atoms with Crippen molar-refractivity contribution in [3.63, 3.8) is 0 Å². The molecule has 0 unspecified atom stereocenters. The van der Waals surface area contributed by atoms with Crippen LogP contribution in [-0.4, -0.2) is 45.2 Å². The van der Waals surface area contributed by atoms with Gasteiger partial charge in [-0.2, -0.15) is 0 Å². The molecule has 27 heavy (non-hydrogen) atoms. The summed E-state index contributed by atoms with van der Waals surface area (Å²) in [6, 6.07) is 12.8. The second kappa shape index (κ2) is 7.87. The average molecular weight is 389 g/mol. The largest absolute Gasteiger partial charge is 0.345 e. The summed E-state index contributed by atoms with van der Waals surface area (Å²) in [5.41, 5.74) is 1.47. The Labute approximate surface area is 157 Å². The minimum absolute atomic E-state index is 0.0874. The van der Waals surface area contributed by atoms with Crippen molar-refractivity contribution in [1.82, 2.24) is 9.62 Å². The first-order valence-corrected chi connectivity index (χ1v) is 10.0. The molecule has 2 aromatic carbocycles. The van der Waals surface area contributed by atoms with Crippen LogP contribution in [0.5, 0.6) is 0 Å². The third-order valence-corrected chi connectivity index (χ3v) is 5.73. The van der Waals surface area contributed by atoms with E-state index < -0.39 is 10.0 Å². The number of aliphatic imine (C=N–C) groups is 1. The van der Waals surface area contributed by atoms with Gasteiger partial charge in [0, 0.05) is 25.6 Å². The number of halogens is 1. The van der Waals surface area contributed by atoms with Crippen LogP contribution in [0.4, 0.5) is 4.39 Å². The van der Waals surface area contributed by atoms with Gasteiger partial charge in [-0.05, 0) is 36.2 Å². The number of rotatable bonds is 6. The van der Waals surface area contributed by atoms with Crippen molar-refractivity contribution < 1.29 is 17.6 Å². The summed E-state index contributed by atoms with van der Waals surface area (Å²) in [7, 11) is -1.87. The number of hydrogen-bond donors (Lipinski definition) is 1. The molecular formula is C19H20FN3O3S. The van der Waals surface area contributed by atoms with Crippen LogP contribution < -0.4 is 4.72 Å². The van der Waals surface area contributed by atoms with Crippen LogP contribution in [0.2, 0.25) is 0 Å². The van der Waals surface area contributed by atoms with E-state index in [2.05, 4.69) is 9.71 Å². The Morgan fingerprint density at radius 1 is 1.15 bits per heavy atom. The third kappa shape index (κ3) is 4.51. The Bertz CT molecular complexity index is 972. The van der Waals surface area contributed by atoms with Gasteiger partial charge in [0.25, 0.3) is 10.0 Å². The standard InChI is InChI=1S/C19H20FN3O3S/c1-23(13-11-14-6-8-15(20)9-7-14)18(24)10-12-21-19-16-4-2-3-5-17(16)27(25,26)22-19/h2-9H,10-13H2,1H3,(H,21,22). The quantitative estimate of drug-likeness (QED) is 0.820. The number of fused-ring (bicyclic) bond motifs is 1. The van der Waals surface area contributed by atoms with Crippen LogP contribution >= 0.6 is 0 Å². The molecule has 0 saturated heterocycles. The first kappa shape index (κ1) is 19.0. The van der Waals surface area contributed by atoms with Gasteiger partial charge in [0.1, 0.15) is 11.7 Å². The van der Waals surface area contributed by atoms with Crippen molar-refractivity contribution in [3.05, 3.63) is 65.5 Å². The molecule has 1 aliphatic heterocycles. The number of hydrogen-bond acceptors (Lipinski definition) is 4. The van der Waals surface area contributed by atoms with E-state index in [0.717, 1.165) is 5.56 Å². The van der Waals surface area contributed by atoms with Crippen LogP contribution in [0, 0.1) is 5.82 Å². The van der Waals surface area contributed by atoms with Gasteiger partial charge in [-0.15, -0.1) is 0 Å². The molecule has 0 bridgehead atoms. The highest BCUT2D eigenvalue weighted by molar-refractivity contribution is 7.90. The van der Waals surface area contributed by atoms with E-state index in [1.165, 1.54) is 18.2 Å². The van der Waals surface area contributed by atoms with E-state index in [0.29, 0.717) is 18.5 Å².